The highest BCUT2D eigenvalue weighted by Gasteiger charge is 2.43. The molecule has 3 rings (SSSR count). The standard InChI is InChI=1S/C26H32F3NO3/c1-3-33-24(32)25(18-21-5-4-6-22(17-21)26(27,28)29)13-15-30(16-14-25)19(2)7-8-20-9-11-23(31)12-10-20/h4-6,9-12,17,19,31H,3,7-8,13-16,18H2,1-2H3. The molecule has 0 aromatic heterocycles. The van der Waals surface area contributed by atoms with Crippen LogP contribution in [0.25, 0.3) is 0 Å². The van der Waals surface area contributed by atoms with Gasteiger partial charge in [0.25, 0.3) is 0 Å². The van der Waals surface area contributed by atoms with E-state index in [2.05, 4.69) is 11.8 Å². The number of benzene rings is 2. The van der Waals surface area contributed by atoms with Crippen LogP contribution >= 0.6 is 0 Å². The Morgan fingerprint density at radius 2 is 1.79 bits per heavy atom. The number of esters is 1. The molecule has 33 heavy (non-hydrogen) atoms. The van der Waals surface area contributed by atoms with Crippen LogP contribution in [0.4, 0.5) is 13.2 Å². The van der Waals surface area contributed by atoms with E-state index >= 15 is 0 Å². The number of carbonyl (C=O) groups is 1. The minimum atomic E-state index is -4.41. The highest BCUT2D eigenvalue weighted by atomic mass is 19.4. The number of rotatable bonds is 8. The highest BCUT2D eigenvalue weighted by Crippen LogP contribution is 2.39. The topological polar surface area (TPSA) is 49.8 Å². The van der Waals surface area contributed by atoms with Gasteiger partial charge in [0.1, 0.15) is 5.75 Å². The van der Waals surface area contributed by atoms with Crippen LogP contribution in [0.5, 0.6) is 5.75 Å². The quantitative estimate of drug-likeness (QED) is 0.516. The summed E-state index contributed by atoms with van der Waals surface area (Å²) in [7, 11) is 0. The van der Waals surface area contributed by atoms with Gasteiger partial charge in [0.2, 0.25) is 0 Å². The van der Waals surface area contributed by atoms with Crippen LogP contribution in [-0.2, 0) is 28.5 Å². The number of aryl methyl sites for hydroxylation is 1. The molecule has 4 nitrogen and oxygen atoms in total. The van der Waals surface area contributed by atoms with Crippen LogP contribution in [0.3, 0.4) is 0 Å². The SMILES string of the molecule is CCOC(=O)C1(Cc2cccc(C(F)(F)F)c2)CCN(C(C)CCc2ccc(O)cc2)CC1. The Hall–Kier alpha value is -2.54. The van der Waals surface area contributed by atoms with Crippen LogP contribution in [0, 0.1) is 5.41 Å². The molecule has 2 aromatic carbocycles. The van der Waals surface area contributed by atoms with Gasteiger partial charge in [-0.2, -0.15) is 13.2 Å². The summed E-state index contributed by atoms with van der Waals surface area (Å²) in [6.07, 6.45) is -1.26. The number of ether oxygens (including phenoxy) is 1. The van der Waals surface area contributed by atoms with Crippen molar-refractivity contribution in [1.82, 2.24) is 4.90 Å². The van der Waals surface area contributed by atoms with Crippen LogP contribution in [-0.4, -0.2) is 41.7 Å². The third-order valence-corrected chi connectivity index (χ3v) is 6.67. The number of piperidine rings is 1. The van der Waals surface area contributed by atoms with Gasteiger partial charge in [0.05, 0.1) is 17.6 Å². The largest absolute Gasteiger partial charge is 0.508 e. The number of aromatic hydroxyl groups is 1. The van der Waals surface area contributed by atoms with Crippen molar-refractivity contribution in [3.05, 3.63) is 65.2 Å². The zero-order valence-corrected chi connectivity index (χ0v) is 19.2. The molecular formula is C26H32F3NO3. The van der Waals surface area contributed by atoms with E-state index in [-0.39, 0.29) is 24.7 Å². The third kappa shape index (κ3) is 6.50. The fraction of sp³-hybridized carbons (Fsp3) is 0.500. The summed E-state index contributed by atoms with van der Waals surface area (Å²) in [5.41, 5.74) is 0.154. The lowest BCUT2D eigenvalue weighted by Gasteiger charge is -2.42. The fourth-order valence-corrected chi connectivity index (χ4v) is 4.60. The minimum Gasteiger partial charge on any atom is -0.508 e. The van der Waals surface area contributed by atoms with Crippen molar-refractivity contribution in [2.75, 3.05) is 19.7 Å². The molecule has 0 radical (unpaired) electrons. The normalized spacial score (nSPS) is 17.5. The Morgan fingerprint density at radius 1 is 1.12 bits per heavy atom. The molecule has 1 atom stereocenters. The van der Waals surface area contributed by atoms with Gasteiger partial charge in [-0.05, 0) is 88.4 Å². The maximum absolute atomic E-state index is 13.2. The zero-order chi connectivity index (χ0) is 24.1. The van der Waals surface area contributed by atoms with Gasteiger partial charge in [0, 0.05) is 6.04 Å². The monoisotopic (exact) mass is 463 g/mol. The highest BCUT2D eigenvalue weighted by molar-refractivity contribution is 5.77. The first-order valence-electron chi connectivity index (χ1n) is 11.5. The smallest absolute Gasteiger partial charge is 0.416 e. The molecule has 1 aliphatic rings. The molecule has 1 saturated heterocycles. The van der Waals surface area contributed by atoms with Crippen molar-refractivity contribution in [3.8, 4) is 5.75 Å². The van der Waals surface area contributed by atoms with Gasteiger partial charge in [-0.25, -0.2) is 0 Å². The molecule has 1 heterocycles. The van der Waals surface area contributed by atoms with Crippen molar-refractivity contribution in [2.45, 2.75) is 58.2 Å². The average molecular weight is 464 g/mol. The van der Waals surface area contributed by atoms with Crippen molar-refractivity contribution in [3.63, 3.8) is 0 Å². The first kappa shape index (κ1) is 25.1. The summed E-state index contributed by atoms with van der Waals surface area (Å²) in [5, 5.41) is 9.43. The first-order valence-corrected chi connectivity index (χ1v) is 11.5. The van der Waals surface area contributed by atoms with Gasteiger partial charge in [-0.3, -0.25) is 4.79 Å². The molecule has 2 aromatic rings. The van der Waals surface area contributed by atoms with Gasteiger partial charge in [0.15, 0.2) is 0 Å². The van der Waals surface area contributed by atoms with Gasteiger partial charge in [-0.1, -0.05) is 30.3 Å². The average Bonchev–Trinajstić information content (AvgIpc) is 2.79. The Bertz CT molecular complexity index is 919. The number of hydrogen-bond donors (Lipinski definition) is 1. The number of phenols is 1. The molecule has 1 unspecified atom stereocenters. The summed E-state index contributed by atoms with van der Waals surface area (Å²) >= 11 is 0. The molecule has 1 N–H and O–H groups in total. The lowest BCUT2D eigenvalue weighted by atomic mass is 9.73. The van der Waals surface area contributed by atoms with E-state index in [1.54, 1.807) is 25.1 Å². The van der Waals surface area contributed by atoms with Crippen molar-refractivity contribution < 1.29 is 27.8 Å². The number of alkyl halides is 3. The number of carbonyl (C=O) groups excluding carboxylic acids is 1. The minimum absolute atomic E-state index is 0.242. The second-order valence-electron chi connectivity index (χ2n) is 8.97. The van der Waals surface area contributed by atoms with E-state index in [4.69, 9.17) is 4.74 Å². The molecule has 0 spiro atoms. The van der Waals surface area contributed by atoms with E-state index in [0.717, 1.165) is 30.5 Å². The Labute approximate surface area is 193 Å². The van der Waals surface area contributed by atoms with E-state index < -0.39 is 17.2 Å². The Balaban J connectivity index is 1.66. The Morgan fingerprint density at radius 3 is 2.39 bits per heavy atom. The zero-order valence-electron chi connectivity index (χ0n) is 19.2. The van der Waals surface area contributed by atoms with E-state index in [1.165, 1.54) is 6.07 Å². The lowest BCUT2D eigenvalue weighted by Crippen LogP contribution is -2.49. The lowest BCUT2D eigenvalue weighted by molar-refractivity contribution is -0.159. The number of likely N-dealkylation sites (tertiary alicyclic amines) is 1. The first-order chi connectivity index (χ1) is 15.6. The van der Waals surface area contributed by atoms with Gasteiger partial charge >= 0.3 is 12.1 Å². The van der Waals surface area contributed by atoms with Crippen LogP contribution in [0.2, 0.25) is 0 Å². The number of halogens is 3. The molecule has 0 aliphatic carbocycles. The number of hydrogen-bond acceptors (Lipinski definition) is 4. The summed E-state index contributed by atoms with van der Waals surface area (Å²) in [4.78, 5) is 15.3. The molecular weight excluding hydrogens is 431 g/mol. The predicted molar refractivity (Wildman–Crippen MR) is 121 cm³/mol. The maximum atomic E-state index is 13.2. The van der Waals surface area contributed by atoms with E-state index in [1.807, 2.05) is 12.1 Å². The van der Waals surface area contributed by atoms with Crippen molar-refractivity contribution in [1.29, 1.82) is 0 Å². The third-order valence-electron chi connectivity index (χ3n) is 6.67. The second kappa shape index (κ2) is 10.6. The molecule has 0 bridgehead atoms. The fourth-order valence-electron chi connectivity index (χ4n) is 4.60. The summed E-state index contributed by atoms with van der Waals surface area (Å²) in [5.74, 6) is -0.0716. The molecule has 1 fully saturated rings. The molecule has 1 aliphatic heterocycles. The van der Waals surface area contributed by atoms with Crippen molar-refractivity contribution >= 4 is 5.97 Å². The van der Waals surface area contributed by atoms with Crippen LogP contribution in [0.15, 0.2) is 48.5 Å². The second-order valence-corrected chi connectivity index (χ2v) is 8.97. The van der Waals surface area contributed by atoms with Crippen LogP contribution in [0.1, 0.15) is 49.8 Å². The number of nitrogens with zero attached hydrogens (tertiary/aromatic N) is 1. The number of phenolic OH excluding ortho intramolecular Hbond substituents is 1. The summed E-state index contributed by atoms with van der Waals surface area (Å²) in [6.45, 7) is 5.53. The molecule has 180 valence electrons. The van der Waals surface area contributed by atoms with Gasteiger partial charge in [-0.15, -0.1) is 0 Å². The van der Waals surface area contributed by atoms with Crippen molar-refractivity contribution in [2.24, 2.45) is 5.41 Å². The maximum Gasteiger partial charge on any atom is 0.416 e. The van der Waals surface area contributed by atoms with E-state index in [9.17, 15) is 23.1 Å². The van der Waals surface area contributed by atoms with Gasteiger partial charge < -0.3 is 14.7 Å². The Kier molecular flexibility index (Phi) is 8.05. The van der Waals surface area contributed by atoms with E-state index in [0.29, 0.717) is 37.5 Å². The summed E-state index contributed by atoms with van der Waals surface area (Å²) < 4.78 is 44.9. The van der Waals surface area contributed by atoms with Crippen LogP contribution < -0.4 is 0 Å². The molecule has 7 heteroatoms. The summed E-state index contributed by atoms with van der Waals surface area (Å²) in [6, 6.07) is 12.8. The molecule has 0 amide bonds. The molecule has 0 saturated carbocycles. The predicted octanol–water partition coefficient (Wildman–Crippen LogP) is 5.62.